The Hall–Kier alpha value is -2.79. The molecule has 5 nitrogen and oxygen atoms in total. The van der Waals surface area contributed by atoms with E-state index in [9.17, 15) is 19.8 Å². The van der Waals surface area contributed by atoms with Crippen LogP contribution in [0.2, 0.25) is 5.02 Å². The fourth-order valence-corrected chi connectivity index (χ4v) is 4.38. The molecule has 1 heterocycles. The predicted octanol–water partition coefficient (Wildman–Crippen LogP) is 5.36. The molecule has 0 saturated heterocycles. The summed E-state index contributed by atoms with van der Waals surface area (Å²) in [4.78, 5) is 25.5. The minimum Gasteiger partial charge on any atom is -0.508 e. The van der Waals surface area contributed by atoms with Crippen LogP contribution in [0.25, 0.3) is 10.9 Å². The van der Waals surface area contributed by atoms with Crippen LogP contribution in [-0.2, 0) is 4.79 Å². The molecule has 0 radical (unpaired) electrons. The molecule has 2 aromatic carbocycles. The van der Waals surface area contributed by atoms with Crippen LogP contribution in [0.3, 0.4) is 0 Å². The van der Waals surface area contributed by atoms with Crippen molar-refractivity contribution in [1.82, 2.24) is 4.57 Å². The van der Waals surface area contributed by atoms with Gasteiger partial charge in [0.1, 0.15) is 5.75 Å². The highest BCUT2D eigenvalue weighted by Gasteiger charge is 2.33. The van der Waals surface area contributed by atoms with Crippen molar-refractivity contribution in [2.24, 2.45) is 5.92 Å². The number of phenolic OH excluding ortho intramolecular Hbond substituents is 1. The van der Waals surface area contributed by atoms with Crippen molar-refractivity contribution in [2.75, 3.05) is 0 Å². The molecular formula is C23H22ClNO4. The first-order valence-corrected chi connectivity index (χ1v) is 10.1. The van der Waals surface area contributed by atoms with Crippen LogP contribution in [-0.4, -0.2) is 26.7 Å². The SMILES string of the molecule is Cc1c(C(CC2CCC2)C(=O)O)c2cc(O)ccc2n1C(=O)c1ccc(Cl)cc1. The molecule has 1 aromatic heterocycles. The van der Waals surface area contributed by atoms with Gasteiger partial charge in [0.25, 0.3) is 5.91 Å². The van der Waals surface area contributed by atoms with E-state index < -0.39 is 11.9 Å². The van der Waals surface area contributed by atoms with Crippen molar-refractivity contribution in [2.45, 2.75) is 38.5 Å². The molecule has 0 amide bonds. The molecule has 1 fully saturated rings. The highest BCUT2D eigenvalue weighted by molar-refractivity contribution is 6.30. The average Bonchev–Trinajstić information content (AvgIpc) is 2.92. The maximum absolute atomic E-state index is 13.3. The number of aromatic hydroxyl groups is 1. The van der Waals surface area contributed by atoms with E-state index in [0.29, 0.717) is 45.1 Å². The number of benzene rings is 2. The number of hydrogen-bond acceptors (Lipinski definition) is 3. The first kappa shape index (κ1) is 19.5. The maximum atomic E-state index is 13.3. The Labute approximate surface area is 173 Å². The van der Waals surface area contributed by atoms with Gasteiger partial charge in [0.05, 0.1) is 11.4 Å². The summed E-state index contributed by atoms with van der Waals surface area (Å²) >= 11 is 5.94. The molecule has 1 aliphatic rings. The third-order valence-electron chi connectivity index (χ3n) is 5.97. The van der Waals surface area contributed by atoms with Crippen LogP contribution < -0.4 is 0 Å². The van der Waals surface area contributed by atoms with Gasteiger partial charge in [-0.05, 0) is 67.3 Å². The predicted molar refractivity (Wildman–Crippen MR) is 112 cm³/mol. The zero-order valence-corrected chi connectivity index (χ0v) is 16.8. The lowest BCUT2D eigenvalue weighted by Crippen LogP contribution is -2.21. The summed E-state index contributed by atoms with van der Waals surface area (Å²) in [5.41, 5.74) is 2.25. The molecule has 0 spiro atoms. The second-order valence-electron chi connectivity index (χ2n) is 7.77. The molecule has 1 atom stereocenters. The molecule has 1 aliphatic carbocycles. The normalized spacial score (nSPS) is 15.2. The zero-order valence-electron chi connectivity index (χ0n) is 16.1. The standard InChI is InChI=1S/C23H22ClNO4/c1-13-21(19(23(28)29)11-14-3-2-4-14)18-12-17(26)9-10-20(18)25(13)22(27)15-5-7-16(24)8-6-15/h5-10,12,14,19,26H,2-4,11H2,1H3,(H,28,29). The van der Waals surface area contributed by atoms with Crippen molar-refractivity contribution in [3.8, 4) is 5.75 Å². The van der Waals surface area contributed by atoms with E-state index in [-0.39, 0.29) is 11.7 Å². The summed E-state index contributed by atoms with van der Waals surface area (Å²) in [5.74, 6) is -1.44. The Kier molecular flexibility index (Phi) is 5.09. The van der Waals surface area contributed by atoms with Gasteiger partial charge in [0.15, 0.2) is 0 Å². The van der Waals surface area contributed by atoms with E-state index in [0.717, 1.165) is 19.3 Å². The second-order valence-corrected chi connectivity index (χ2v) is 8.21. The molecule has 2 N–H and O–H groups in total. The van der Waals surface area contributed by atoms with Gasteiger partial charge in [0, 0.05) is 21.7 Å². The number of phenols is 1. The third kappa shape index (κ3) is 3.51. The number of carbonyl (C=O) groups is 2. The third-order valence-corrected chi connectivity index (χ3v) is 6.22. The van der Waals surface area contributed by atoms with E-state index in [1.807, 2.05) is 0 Å². The Bertz CT molecular complexity index is 1100. The number of aromatic nitrogens is 1. The molecule has 150 valence electrons. The molecule has 0 aliphatic heterocycles. The topological polar surface area (TPSA) is 79.5 Å². The van der Waals surface area contributed by atoms with E-state index in [4.69, 9.17) is 11.6 Å². The fourth-order valence-electron chi connectivity index (χ4n) is 4.26. The van der Waals surface area contributed by atoms with Gasteiger partial charge in [0.2, 0.25) is 0 Å². The molecule has 4 rings (SSSR count). The van der Waals surface area contributed by atoms with Gasteiger partial charge in [-0.3, -0.25) is 14.2 Å². The van der Waals surface area contributed by atoms with Crippen molar-refractivity contribution in [1.29, 1.82) is 0 Å². The van der Waals surface area contributed by atoms with Crippen LogP contribution in [0.1, 0.15) is 53.2 Å². The molecular weight excluding hydrogens is 390 g/mol. The lowest BCUT2D eigenvalue weighted by molar-refractivity contribution is -0.139. The highest BCUT2D eigenvalue weighted by Crippen LogP contribution is 2.41. The highest BCUT2D eigenvalue weighted by atomic mass is 35.5. The van der Waals surface area contributed by atoms with Crippen molar-refractivity contribution >= 4 is 34.4 Å². The summed E-state index contributed by atoms with van der Waals surface area (Å²) < 4.78 is 1.55. The number of nitrogens with zero attached hydrogens (tertiary/aromatic N) is 1. The number of hydrogen-bond donors (Lipinski definition) is 2. The van der Waals surface area contributed by atoms with Crippen LogP contribution in [0, 0.1) is 12.8 Å². The summed E-state index contributed by atoms with van der Waals surface area (Å²) in [6.07, 6.45) is 3.75. The van der Waals surface area contributed by atoms with E-state index in [1.165, 1.54) is 6.07 Å². The van der Waals surface area contributed by atoms with Gasteiger partial charge >= 0.3 is 5.97 Å². The molecule has 0 bridgehead atoms. The quantitative estimate of drug-likeness (QED) is 0.592. The number of halogens is 1. The lowest BCUT2D eigenvalue weighted by Gasteiger charge is -2.28. The van der Waals surface area contributed by atoms with Gasteiger partial charge < -0.3 is 10.2 Å². The average molecular weight is 412 g/mol. The second kappa shape index (κ2) is 7.56. The molecule has 3 aromatic rings. The van der Waals surface area contributed by atoms with Gasteiger partial charge in [-0.15, -0.1) is 0 Å². The summed E-state index contributed by atoms with van der Waals surface area (Å²) in [6, 6.07) is 11.3. The maximum Gasteiger partial charge on any atom is 0.311 e. The molecule has 1 saturated carbocycles. The van der Waals surface area contributed by atoms with E-state index in [1.54, 1.807) is 47.9 Å². The van der Waals surface area contributed by atoms with Gasteiger partial charge in [-0.25, -0.2) is 0 Å². The van der Waals surface area contributed by atoms with Crippen LogP contribution in [0.4, 0.5) is 0 Å². The smallest absolute Gasteiger partial charge is 0.311 e. The summed E-state index contributed by atoms with van der Waals surface area (Å²) in [7, 11) is 0. The Morgan fingerprint density at radius 3 is 2.45 bits per heavy atom. The van der Waals surface area contributed by atoms with Crippen molar-refractivity contribution in [3.63, 3.8) is 0 Å². The van der Waals surface area contributed by atoms with E-state index in [2.05, 4.69) is 0 Å². The monoisotopic (exact) mass is 411 g/mol. The first-order valence-electron chi connectivity index (χ1n) is 9.74. The number of carboxylic acid groups (broad SMARTS) is 1. The number of carboxylic acids is 1. The van der Waals surface area contributed by atoms with Gasteiger partial charge in [-0.1, -0.05) is 30.9 Å². The summed E-state index contributed by atoms with van der Waals surface area (Å²) in [6.45, 7) is 1.77. The largest absolute Gasteiger partial charge is 0.508 e. The molecule has 1 unspecified atom stereocenters. The number of fused-ring (bicyclic) bond motifs is 1. The minimum atomic E-state index is -0.902. The Morgan fingerprint density at radius 2 is 1.86 bits per heavy atom. The van der Waals surface area contributed by atoms with Crippen molar-refractivity contribution in [3.05, 3.63) is 64.3 Å². The van der Waals surface area contributed by atoms with E-state index >= 15 is 0 Å². The Morgan fingerprint density at radius 1 is 1.17 bits per heavy atom. The zero-order chi connectivity index (χ0) is 20.7. The van der Waals surface area contributed by atoms with Gasteiger partial charge in [-0.2, -0.15) is 0 Å². The number of aliphatic carboxylic acids is 1. The first-order chi connectivity index (χ1) is 13.9. The lowest BCUT2D eigenvalue weighted by atomic mass is 9.77. The number of rotatable bonds is 5. The summed E-state index contributed by atoms with van der Waals surface area (Å²) in [5, 5.41) is 21.2. The van der Waals surface area contributed by atoms with Crippen LogP contribution in [0.15, 0.2) is 42.5 Å². The number of carbonyl (C=O) groups excluding carboxylic acids is 1. The Balaban J connectivity index is 1.89. The van der Waals surface area contributed by atoms with Crippen LogP contribution >= 0.6 is 11.6 Å². The molecule has 29 heavy (non-hydrogen) atoms. The van der Waals surface area contributed by atoms with Crippen molar-refractivity contribution < 1.29 is 19.8 Å². The minimum absolute atomic E-state index is 0.0441. The fraction of sp³-hybridized carbons (Fsp3) is 0.304. The molecule has 6 heteroatoms. The van der Waals surface area contributed by atoms with Crippen LogP contribution in [0.5, 0.6) is 5.75 Å².